The summed E-state index contributed by atoms with van der Waals surface area (Å²) in [5, 5.41) is 23.2. The highest BCUT2D eigenvalue weighted by Gasteiger charge is 2.18. The first-order valence-corrected chi connectivity index (χ1v) is 30.3. The molecule has 0 aromatic heterocycles. The highest BCUT2D eigenvalue weighted by molar-refractivity contribution is 5.76. The minimum atomic E-state index is -0.859. The smallest absolute Gasteiger partial charge is 0.305 e. The molecule has 400 valence electrons. The molecule has 0 aromatic carbocycles. The zero-order valence-electron chi connectivity index (χ0n) is 45.6. The lowest BCUT2D eigenvalue weighted by atomic mass is 10.0. The van der Waals surface area contributed by atoms with Gasteiger partial charge in [0.05, 0.1) is 25.4 Å². The van der Waals surface area contributed by atoms with Crippen LogP contribution in [0.3, 0.4) is 0 Å². The molecule has 0 aromatic rings. The van der Waals surface area contributed by atoms with Crippen molar-refractivity contribution in [2.45, 2.75) is 334 Å². The topological polar surface area (TPSA) is 95.9 Å². The van der Waals surface area contributed by atoms with Gasteiger partial charge in [0.2, 0.25) is 5.91 Å². The van der Waals surface area contributed by atoms with Gasteiger partial charge in [-0.25, -0.2) is 0 Å². The van der Waals surface area contributed by atoms with E-state index in [-0.39, 0.29) is 18.5 Å². The Hall–Kier alpha value is -1.92. The molecule has 0 aliphatic heterocycles. The van der Waals surface area contributed by atoms with Crippen molar-refractivity contribution >= 4 is 11.9 Å². The molecule has 0 saturated heterocycles. The van der Waals surface area contributed by atoms with Gasteiger partial charge in [0, 0.05) is 12.8 Å². The number of hydrogen-bond donors (Lipinski definition) is 3. The second-order valence-corrected chi connectivity index (χ2v) is 20.7. The summed E-state index contributed by atoms with van der Waals surface area (Å²) in [5.41, 5.74) is 0. The van der Waals surface area contributed by atoms with Crippen LogP contribution in [-0.4, -0.2) is 47.4 Å². The van der Waals surface area contributed by atoms with E-state index in [2.05, 4.69) is 43.5 Å². The highest BCUT2D eigenvalue weighted by atomic mass is 16.5. The Bertz CT molecular complexity index is 1100. The van der Waals surface area contributed by atoms with Crippen LogP contribution in [0.15, 0.2) is 36.5 Å². The molecule has 0 spiro atoms. The average Bonchev–Trinajstić information content (AvgIpc) is 3.34. The van der Waals surface area contributed by atoms with E-state index >= 15 is 0 Å². The van der Waals surface area contributed by atoms with Crippen molar-refractivity contribution in [3.63, 3.8) is 0 Å². The molecule has 68 heavy (non-hydrogen) atoms. The largest absolute Gasteiger partial charge is 0.466 e. The fourth-order valence-electron chi connectivity index (χ4n) is 9.25. The average molecular weight is 957 g/mol. The number of ether oxygens (including phenoxy) is 1. The lowest BCUT2D eigenvalue weighted by Crippen LogP contribution is -2.45. The van der Waals surface area contributed by atoms with Crippen molar-refractivity contribution in [1.29, 1.82) is 0 Å². The van der Waals surface area contributed by atoms with E-state index in [0.717, 1.165) is 70.6 Å². The van der Waals surface area contributed by atoms with E-state index in [1.165, 1.54) is 225 Å². The number of unbranched alkanes of at least 4 members (excludes halogenated alkanes) is 41. The first kappa shape index (κ1) is 66.1. The number of allylic oxidation sites excluding steroid dienone is 5. The maximum absolute atomic E-state index is 12.5. The minimum Gasteiger partial charge on any atom is -0.466 e. The number of aliphatic hydroxyl groups is 2. The van der Waals surface area contributed by atoms with Crippen LogP contribution in [0.4, 0.5) is 0 Å². The first-order valence-electron chi connectivity index (χ1n) is 30.3. The van der Waals surface area contributed by atoms with Gasteiger partial charge in [0.1, 0.15) is 0 Å². The van der Waals surface area contributed by atoms with E-state index < -0.39 is 12.1 Å². The Morgan fingerprint density at radius 3 is 1.13 bits per heavy atom. The predicted molar refractivity (Wildman–Crippen MR) is 296 cm³/mol. The van der Waals surface area contributed by atoms with Gasteiger partial charge in [-0.05, 0) is 64.2 Å². The monoisotopic (exact) mass is 956 g/mol. The van der Waals surface area contributed by atoms with Crippen LogP contribution in [0.25, 0.3) is 0 Å². The summed E-state index contributed by atoms with van der Waals surface area (Å²) in [4.78, 5) is 24.6. The molecule has 1 amide bonds. The Balaban J connectivity index is 3.50. The molecule has 0 fully saturated rings. The van der Waals surface area contributed by atoms with Crippen LogP contribution >= 0.6 is 0 Å². The van der Waals surface area contributed by atoms with E-state index in [0.29, 0.717) is 19.4 Å². The third-order valence-corrected chi connectivity index (χ3v) is 13.9. The fraction of sp³-hybridized carbons (Fsp3) is 0.871. The lowest BCUT2D eigenvalue weighted by molar-refractivity contribution is -0.143. The number of carbonyl (C=O) groups excluding carboxylic acids is 2. The van der Waals surface area contributed by atoms with Crippen LogP contribution in [0, 0.1) is 0 Å². The third kappa shape index (κ3) is 53.4. The minimum absolute atomic E-state index is 0.0283. The van der Waals surface area contributed by atoms with E-state index in [4.69, 9.17) is 4.74 Å². The zero-order valence-corrected chi connectivity index (χ0v) is 45.6. The molecule has 2 atom stereocenters. The number of carbonyl (C=O) groups is 2. The van der Waals surface area contributed by atoms with Gasteiger partial charge in [-0.1, -0.05) is 281 Å². The van der Waals surface area contributed by atoms with Crippen LogP contribution in [0.1, 0.15) is 322 Å². The van der Waals surface area contributed by atoms with E-state index in [1.54, 1.807) is 6.08 Å². The van der Waals surface area contributed by atoms with Crippen molar-refractivity contribution in [2.24, 2.45) is 0 Å². The number of hydrogen-bond acceptors (Lipinski definition) is 5. The van der Waals surface area contributed by atoms with Crippen LogP contribution in [0.2, 0.25) is 0 Å². The highest BCUT2D eigenvalue weighted by Crippen LogP contribution is 2.17. The molecule has 3 N–H and O–H groups in total. The summed E-state index contributed by atoms with van der Waals surface area (Å²) in [5.74, 6) is -0.113. The molecular formula is C62H117NO5. The van der Waals surface area contributed by atoms with Crippen LogP contribution in [0.5, 0.6) is 0 Å². The Morgan fingerprint density at radius 1 is 0.412 bits per heavy atom. The first-order chi connectivity index (χ1) is 33.5. The Morgan fingerprint density at radius 2 is 0.735 bits per heavy atom. The number of aliphatic hydroxyl groups excluding tert-OH is 2. The molecule has 0 saturated carbocycles. The van der Waals surface area contributed by atoms with Gasteiger partial charge >= 0.3 is 5.97 Å². The normalized spacial score (nSPS) is 12.8. The van der Waals surface area contributed by atoms with Gasteiger partial charge in [-0.2, -0.15) is 0 Å². The SMILES string of the molecule is CCCCCC/C=C\C/C=C\CCCCCCCC(=O)OCCCCCCCCCCCCCC(=O)NC(CO)C(O)/C=C/CCCCCCCCCCCCCCCCCCCCCCCC. The van der Waals surface area contributed by atoms with Gasteiger partial charge < -0.3 is 20.3 Å². The van der Waals surface area contributed by atoms with Crippen molar-refractivity contribution < 1.29 is 24.5 Å². The molecule has 0 heterocycles. The molecular weight excluding hydrogens is 839 g/mol. The number of nitrogens with one attached hydrogen (secondary N) is 1. The van der Waals surface area contributed by atoms with Crippen molar-refractivity contribution in [1.82, 2.24) is 5.32 Å². The van der Waals surface area contributed by atoms with Crippen LogP contribution in [-0.2, 0) is 14.3 Å². The van der Waals surface area contributed by atoms with Gasteiger partial charge in [0.25, 0.3) is 0 Å². The van der Waals surface area contributed by atoms with E-state index in [9.17, 15) is 19.8 Å². The summed E-state index contributed by atoms with van der Waals surface area (Å²) in [6.07, 6.45) is 71.7. The van der Waals surface area contributed by atoms with Crippen molar-refractivity contribution in [3.8, 4) is 0 Å². The molecule has 6 nitrogen and oxygen atoms in total. The molecule has 0 aliphatic rings. The van der Waals surface area contributed by atoms with Crippen molar-refractivity contribution in [3.05, 3.63) is 36.5 Å². The van der Waals surface area contributed by atoms with Crippen LogP contribution < -0.4 is 5.32 Å². The molecule has 0 aliphatic carbocycles. The van der Waals surface area contributed by atoms with Gasteiger partial charge in [0.15, 0.2) is 0 Å². The summed E-state index contributed by atoms with van der Waals surface area (Å²) in [6.45, 7) is 4.85. The number of esters is 1. The zero-order chi connectivity index (χ0) is 49.3. The Kier molecular flexibility index (Phi) is 56.0. The summed E-state index contributed by atoms with van der Waals surface area (Å²) >= 11 is 0. The second kappa shape index (κ2) is 57.7. The summed E-state index contributed by atoms with van der Waals surface area (Å²) in [7, 11) is 0. The molecule has 2 unspecified atom stereocenters. The maximum atomic E-state index is 12.5. The fourth-order valence-corrected chi connectivity index (χ4v) is 9.25. The molecule has 0 radical (unpaired) electrons. The second-order valence-electron chi connectivity index (χ2n) is 20.7. The molecule has 6 heteroatoms. The Labute approximate surface area is 424 Å². The maximum Gasteiger partial charge on any atom is 0.305 e. The lowest BCUT2D eigenvalue weighted by Gasteiger charge is -2.20. The predicted octanol–water partition coefficient (Wildman–Crippen LogP) is 18.8. The molecule has 0 rings (SSSR count). The summed E-state index contributed by atoms with van der Waals surface area (Å²) in [6, 6.07) is -0.644. The number of amides is 1. The van der Waals surface area contributed by atoms with Gasteiger partial charge in [-0.3, -0.25) is 9.59 Å². The summed E-state index contributed by atoms with van der Waals surface area (Å²) < 4.78 is 5.46. The quantitative estimate of drug-likeness (QED) is 0.0321. The van der Waals surface area contributed by atoms with Crippen molar-refractivity contribution in [2.75, 3.05) is 13.2 Å². The third-order valence-electron chi connectivity index (χ3n) is 13.9. The molecule has 0 bridgehead atoms. The number of rotatable bonds is 56. The standard InChI is InChI=1S/C62H117NO5/c1-3-5-7-9-11-13-15-17-19-21-22-23-24-25-26-27-28-29-31-34-38-42-46-50-54-60(65)59(58-64)63-61(66)55-51-47-43-39-35-33-37-41-45-49-53-57-68-62(67)56-52-48-44-40-36-32-30-20-18-16-14-12-10-8-6-4-2/h14,16,20,30,50,54,59-60,64-65H,3-13,15,17-19,21-29,31-49,51-53,55-58H2,1-2H3,(H,63,66)/b16-14-,30-20-,54-50+. The van der Waals surface area contributed by atoms with Gasteiger partial charge in [-0.15, -0.1) is 0 Å². The van der Waals surface area contributed by atoms with E-state index in [1.807, 2.05) is 6.08 Å².